The van der Waals surface area contributed by atoms with Gasteiger partial charge in [0.05, 0.1) is 26.7 Å². The number of hydrogen-bond acceptors (Lipinski definition) is 3. The molecule has 1 aromatic carbocycles. The Morgan fingerprint density at radius 1 is 1.41 bits per heavy atom. The highest BCUT2D eigenvalue weighted by atomic mass is 35.5. The van der Waals surface area contributed by atoms with Gasteiger partial charge in [-0.15, -0.1) is 11.3 Å². The molecule has 0 amide bonds. The van der Waals surface area contributed by atoms with Crippen LogP contribution in [0.4, 0.5) is 0 Å². The van der Waals surface area contributed by atoms with E-state index in [0.717, 1.165) is 0 Å². The number of carbonyl (C=O) groups excluding carboxylic acids is 1. The molecule has 2 nitrogen and oxygen atoms in total. The molecule has 0 saturated heterocycles. The summed E-state index contributed by atoms with van der Waals surface area (Å²) in [5.41, 5.74) is 0. The summed E-state index contributed by atoms with van der Waals surface area (Å²) in [6.07, 6.45) is 0. The molecule has 0 aliphatic rings. The fraction of sp³-hybridized carbons (Fsp3) is 0.182. The topological polar surface area (TPSA) is 26.3 Å². The number of fused-ring (bicyclic) bond motifs is 1. The lowest BCUT2D eigenvalue weighted by molar-refractivity contribution is 0.108. The van der Waals surface area contributed by atoms with E-state index in [-0.39, 0.29) is 4.88 Å². The number of thiophene rings is 1. The highest BCUT2D eigenvalue weighted by molar-refractivity contribution is 7.23. The lowest BCUT2D eigenvalue weighted by atomic mass is 10.2. The monoisotopic (exact) mass is 308 g/mol. The molecule has 0 N–H and O–H groups in total. The summed E-state index contributed by atoms with van der Waals surface area (Å²) in [5.74, 6) is 0.609. The molecule has 6 heteroatoms. The fourth-order valence-electron chi connectivity index (χ4n) is 1.51. The van der Waals surface area contributed by atoms with E-state index in [4.69, 9.17) is 39.5 Å². The Morgan fingerprint density at radius 2 is 2.12 bits per heavy atom. The minimum absolute atomic E-state index is 0.289. The molecule has 0 atom stereocenters. The van der Waals surface area contributed by atoms with E-state index in [1.54, 1.807) is 12.1 Å². The van der Waals surface area contributed by atoms with Crippen LogP contribution >= 0.6 is 46.1 Å². The lowest BCUT2D eigenvalue weighted by Crippen LogP contribution is -1.91. The molecule has 2 aromatic rings. The van der Waals surface area contributed by atoms with Gasteiger partial charge in [-0.3, -0.25) is 4.79 Å². The number of benzene rings is 1. The second-order valence-corrected chi connectivity index (χ2v) is 5.35. The predicted octanol–water partition coefficient (Wildman–Crippen LogP) is 4.99. The number of carbonyl (C=O) groups is 1. The zero-order valence-electron chi connectivity index (χ0n) is 8.72. The molecule has 90 valence electrons. The van der Waals surface area contributed by atoms with Gasteiger partial charge in [0.1, 0.15) is 10.6 Å². The second kappa shape index (κ2) is 5.02. The third kappa shape index (κ3) is 2.25. The maximum Gasteiger partial charge on any atom is 0.263 e. The van der Waals surface area contributed by atoms with Crippen molar-refractivity contribution in [3.8, 4) is 5.75 Å². The van der Waals surface area contributed by atoms with E-state index < -0.39 is 5.24 Å². The number of ether oxygens (including phenoxy) is 1. The quantitative estimate of drug-likeness (QED) is 0.747. The van der Waals surface area contributed by atoms with Crippen molar-refractivity contribution in [2.75, 3.05) is 6.61 Å². The third-order valence-corrected chi connectivity index (χ3v) is 4.61. The van der Waals surface area contributed by atoms with E-state index in [2.05, 4.69) is 0 Å². The van der Waals surface area contributed by atoms with Crippen molar-refractivity contribution in [2.24, 2.45) is 0 Å². The Kier molecular flexibility index (Phi) is 3.83. The maximum absolute atomic E-state index is 11.2. The van der Waals surface area contributed by atoms with Crippen LogP contribution in [-0.4, -0.2) is 11.8 Å². The standard InChI is InChI=1S/C11H7Cl3O2S/c1-2-16-6-4-3-5(12)9-7(6)8(13)10(17-9)11(14)15/h3-4H,2H2,1H3. The Hall–Kier alpha value is -0.480. The van der Waals surface area contributed by atoms with Crippen LogP contribution in [-0.2, 0) is 0 Å². The minimum atomic E-state index is -0.588. The van der Waals surface area contributed by atoms with Crippen LogP contribution in [0.5, 0.6) is 5.75 Å². The predicted molar refractivity (Wildman–Crippen MR) is 73.2 cm³/mol. The minimum Gasteiger partial charge on any atom is -0.493 e. The molecule has 0 aliphatic carbocycles. The number of hydrogen-bond donors (Lipinski definition) is 0. The van der Waals surface area contributed by atoms with Crippen molar-refractivity contribution >= 4 is 61.5 Å². The molecule has 0 fully saturated rings. The summed E-state index contributed by atoms with van der Waals surface area (Å²) in [7, 11) is 0. The van der Waals surface area contributed by atoms with Crippen molar-refractivity contribution in [2.45, 2.75) is 6.92 Å². The normalized spacial score (nSPS) is 10.8. The van der Waals surface area contributed by atoms with Gasteiger partial charge in [-0.1, -0.05) is 23.2 Å². The van der Waals surface area contributed by atoms with Crippen molar-refractivity contribution < 1.29 is 9.53 Å². The second-order valence-electron chi connectivity index (χ2n) is 3.20. The number of rotatable bonds is 3. The zero-order chi connectivity index (χ0) is 12.6. The average molecular weight is 310 g/mol. The molecule has 0 aliphatic heterocycles. The molecular formula is C11H7Cl3O2S. The van der Waals surface area contributed by atoms with Crippen LogP contribution in [0.1, 0.15) is 16.6 Å². The Labute approximate surface area is 117 Å². The Bertz CT molecular complexity index is 592. The molecule has 0 saturated carbocycles. The van der Waals surface area contributed by atoms with E-state index in [1.807, 2.05) is 6.92 Å². The highest BCUT2D eigenvalue weighted by Crippen LogP contribution is 2.44. The van der Waals surface area contributed by atoms with Gasteiger partial charge in [0, 0.05) is 0 Å². The maximum atomic E-state index is 11.2. The summed E-state index contributed by atoms with van der Waals surface area (Å²) >= 11 is 18.8. The van der Waals surface area contributed by atoms with Crippen LogP contribution in [0.2, 0.25) is 10.0 Å². The SMILES string of the molecule is CCOc1ccc(Cl)c2sc(C(=O)Cl)c(Cl)c12. The van der Waals surface area contributed by atoms with Crippen LogP contribution in [0, 0.1) is 0 Å². The van der Waals surface area contributed by atoms with Crippen LogP contribution in [0.15, 0.2) is 12.1 Å². The number of halogens is 3. The highest BCUT2D eigenvalue weighted by Gasteiger charge is 2.20. The van der Waals surface area contributed by atoms with Crippen LogP contribution < -0.4 is 4.74 Å². The van der Waals surface area contributed by atoms with E-state index >= 15 is 0 Å². The smallest absolute Gasteiger partial charge is 0.263 e. The summed E-state index contributed by atoms with van der Waals surface area (Å²) in [5, 5.41) is 0.889. The summed E-state index contributed by atoms with van der Waals surface area (Å²) in [6, 6.07) is 3.44. The van der Waals surface area contributed by atoms with Crippen LogP contribution in [0.3, 0.4) is 0 Å². The van der Waals surface area contributed by atoms with E-state index in [1.165, 1.54) is 11.3 Å². The van der Waals surface area contributed by atoms with Crippen LogP contribution in [0.25, 0.3) is 10.1 Å². The van der Waals surface area contributed by atoms with Gasteiger partial charge >= 0.3 is 0 Å². The van der Waals surface area contributed by atoms with E-state index in [0.29, 0.717) is 32.5 Å². The summed E-state index contributed by atoms with van der Waals surface area (Å²) in [4.78, 5) is 11.5. The molecule has 0 unspecified atom stereocenters. The molecule has 0 radical (unpaired) electrons. The molecule has 17 heavy (non-hydrogen) atoms. The first kappa shape index (κ1) is 13.0. The van der Waals surface area contributed by atoms with Crippen molar-refractivity contribution in [3.63, 3.8) is 0 Å². The van der Waals surface area contributed by atoms with Gasteiger partial charge in [-0.2, -0.15) is 0 Å². The zero-order valence-corrected chi connectivity index (χ0v) is 11.8. The van der Waals surface area contributed by atoms with Crippen molar-refractivity contribution in [1.82, 2.24) is 0 Å². The fourth-order valence-corrected chi connectivity index (χ4v) is 3.43. The first-order chi connectivity index (χ1) is 8.06. The van der Waals surface area contributed by atoms with Gasteiger partial charge < -0.3 is 4.74 Å². The Morgan fingerprint density at radius 3 is 2.71 bits per heavy atom. The molecule has 0 spiro atoms. The summed E-state index contributed by atoms with van der Waals surface area (Å²) in [6.45, 7) is 2.38. The first-order valence-electron chi connectivity index (χ1n) is 4.79. The summed E-state index contributed by atoms with van der Waals surface area (Å²) < 4.78 is 6.17. The van der Waals surface area contributed by atoms with Gasteiger partial charge in [0.25, 0.3) is 5.24 Å². The molecular weight excluding hydrogens is 303 g/mol. The van der Waals surface area contributed by atoms with Crippen molar-refractivity contribution in [1.29, 1.82) is 0 Å². The van der Waals surface area contributed by atoms with Gasteiger partial charge in [-0.25, -0.2) is 0 Å². The Balaban J connectivity index is 2.79. The first-order valence-corrected chi connectivity index (χ1v) is 6.74. The van der Waals surface area contributed by atoms with Gasteiger partial charge in [-0.05, 0) is 30.7 Å². The van der Waals surface area contributed by atoms with Gasteiger partial charge in [0.15, 0.2) is 0 Å². The van der Waals surface area contributed by atoms with Gasteiger partial charge in [0.2, 0.25) is 0 Å². The average Bonchev–Trinajstić information content (AvgIpc) is 2.62. The molecule has 1 aromatic heterocycles. The molecule has 0 bridgehead atoms. The van der Waals surface area contributed by atoms with E-state index in [9.17, 15) is 4.79 Å². The molecule has 2 rings (SSSR count). The van der Waals surface area contributed by atoms with Crippen molar-refractivity contribution in [3.05, 3.63) is 27.1 Å². The molecule has 1 heterocycles. The lowest BCUT2D eigenvalue weighted by Gasteiger charge is -2.05. The third-order valence-electron chi connectivity index (χ3n) is 2.17. The largest absolute Gasteiger partial charge is 0.493 e.